The van der Waals surface area contributed by atoms with Crippen LogP contribution in [0.1, 0.15) is 0 Å². The summed E-state index contributed by atoms with van der Waals surface area (Å²) in [7, 11) is 0. The third kappa shape index (κ3) is 4.30. The van der Waals surface area contributed by atoms with Crippen molar-refractivity contribution < 1.29 is 25.9 Å². The molecule has 211 valence electrons. The topological polar surface area (TPSA) is 146 Å². The van der Waals surface area contributed by atoms with Gasteiger partial charge in [-0.25, -0.2) is 29.9 Å². The predicted octanol–water partition coefficient (Wildman–Crippen LogP) is 7.08. The Morgan fingerprint density at radius 1 is 0.455 bits per heavy atom. The molecule has 0 amide bonds. The van der Waals surface area contributed by atoms with E-state index in [-0.39, 0.29) is 0 Å². The molecule has 0 fully saturated rings. The molecule has 2 aliphatic rings. The van der Waals surface area contributed by atoms with Gasteiger partial charge in [0.2, 0.25) is 0 Å². The first kappa shape index (κ1) is 25.9. The van der Waals surface area contributed by atoms with E-state index in [9.17, 15) is 0 Å². The SMILES string of the molecule is O=[C](O)[Fe].c1ccc2c(c1)-c1nc-2nc2[nH]c(nc3nc(nc4[nH]c(n1)c1ccccc41)-c1ccccc1-3)c1ccccc21. The molecular formula is C33H19FeN8O2. The van der Waals surface area contributed by atoms with Crippen molar-refractivity contribution in [1.82, 2.24) is 39.9 Å². The molecule has 0 saturated carbocycles. The molecule has 8 bridgehead atoms. The van der Waals surface area contributed by atoms with Crippen LogP contribution >= 0.6 is 0 Å². The summed E-state index contributed by atoms with van der Waals surface area (Å²) in [6.07, 6.45) is 0. The van der Waals surface area contributed by atoms with Gasteiger partial charge in [0.1, 0.15) is 22.6 Å². The third-order valence-electron chi connectivity index (χ3n) is 7.46. The number of carboxylic acid groups (broad SMARTS) is 1. The van der Waals surface area contributed by atoms with Gasteiger partial charge < -0.3 is 9.97 Å². The first-order valence-electron chi connectivity index (χ1n) is 13.6. The summed E-state index contributed by atoms with van der Waals surface area (Å²) in [5.41, 5.74) is 6.45. The van der Waals surface area contributed by atoms with Gasteiger partial charge >= 0.3 is 30.8 Å². The molecule has 11 heteroatoms. The smallest absolute Gasteiger partial charge is 0.164 e. The van der Waals surface area contributed by atoms with Crippen molar-refractivity contribution in [3.8, 4) is 45.6 Å². The van der Waals surface area contributed by atoms with Gasteiger partial charge in [0.25, 0.3) is 0 Å². The van der Waals surface area contributed by atoms with Gasteiger partial charge in [0, 0.05) is 43.8 Å². The van der Waals surface area contributed by atoms with Crippen LogP contribution < -0.4 is 0 Å². The number of fused-ring (bicyclic) bond motifs is 20. The van der Waals surface area contributed by atoms with E-state index < -0.39 is 4.87 Å². The number of hydrogen-bond acceptors (Lipinski definition) is 7. The summed E-state index contributed by atoms with van der Waals surface area (Å²) in [4.78, 5) is 44.6. The number of H-pyrrole nitrogens is 2. The monoisotopic (exact) mass is 615 g/mol. The molecule has 0 aliphatic carbocycles. The number of nitrogens with one attached hydrogen (secondary N) is 2. The quantitative estimate of drug-likeness (QED) is 0.153. The van der Waals surface area contributed by atoms with Crippen molar-refractivity contribution in [2.24, 2.45) is 0 Å². The van der Waals surface area contributed by atoms with Gasteiger partial charge in [0.05, 0.1) is 0 Å². The van der Waals surface area contributed by atoms with E-state index in [1.807, 2.05) is 97.1 Å². The largest absolute Gasteiger partial charge is 0.324 e. The average molecular weight is 615 g/mol. The summed E-state index contributed by atoms with van der Waals surface area (Å²) < 4.78 is 0. The van der Waals surface area contributed by atoms with Crippen molar-refractivity contribution in [2.45, 2.75) is 0 Å². The number of rotatable bonds is 0. The first-order valence-corrected chi connectivity index (χ1v) is 14.1. The first-order chi connectivity index (χ1) is 21.5. The second-order valence-corrected chi connectivity index (χ2v) is 10.5. The normalized spacial score (nSPS) is 11.5. The molecule has 2 aliphatic heterocycles. The van der Waals surface area contributed by atoms with Gasteiger partial charge in [-0.2, -0.15) is 0 Å². The van der Waals surface area contributed by atoms with Crippen LogP contribution in [0.15, 0.2) is 97.1 Å². The summed E-state index contributed by atoms with van der Waals surface area (Å²) in [5.74, 6) is 2.39. The fourth-order valence-corrected chi connectivity index (χ4v) is 5.59. The molecule has 0 radical (unpaired) electrons. The second kappa shape index (κ2) is 10.2. The van der Waals surface area contributed by atoms with Crippen LogP contribution in [0.4, 0.5) is 4.79 Å². The van der Waals surface area contributed by atoms with Crippen LogP contribution in [0.25, 0.3) is 89.7 Å². The zero-order valence-electron chi connectivity index (χ0n) is 22.6. The summed E-state index contributed by atoms with van der Waals surface area (Å²) in [6.45, 7) is 0. The Labute approximate surface area is 256 Å². The van der Waals surface area contributed by atoms with Crippen molar-refractivity contribution in [1.29, 1.82) is 0 Å². The predicted molar refractivity (Wildman–Crippen MR) is 164 cm³/mol. The van der Waals surface area contributed by atoms with E-state index >= 15 is 0 Å². The zero-order valence-corrected chi connectivity index (χ0v) is 23.7. The van der Waals surface area contributed by atoms with E-state index in [0.29, 0.717) is 45.9 Å². The maximum absolute atomic E-state index is 8.89. The molecule has 3 N–H and O–H groups in total. The molecule has 5 heterocycles. The number of carbonyl (C=O) groups is 1. The molecule has 0 unspecified atom stereocenters. The Kier molecular flexibility index (Phi) is 6.00. The van der Waals surface area contributed by atoms with E-state index in [4.69, 9.17) is 39.8 Å². The standard InChI is InChI=1S/C32H18N8.CHO2.Fe/c1-2-10-18-17(9-1)25-33-26(18)38-28-21-13-5-6-14-22(21)30(35-28)40-32-24-16-8-7-15-23(24)31(36-32)39-29-20-12-4-3-11-19(20)27(34-29)37-25;2-1-3;/h1-16H,(H2,33,34,35,36,37,38,39,40);(H,2,3);. The van der Waals surface area contributed by atoms with Gasteiger partial charge in [-0.3, -0.25) is 0 Å². The fourth-order valence-electron chi connectivity index (χ4n) is 5.59. The Balaban J connectivity index is 0.000000684. The van der Waals surface area contributed by atoms with Crippen LogP contribution in [0.3, 0.4) is 0 Å². The number of hydrogen-bond donors (Lipinski definition) is 3. The minimum absolute atomic E-state index is 0.597. The maximum atomic E-state index is 8.89. The van der Waals surface area contributed by atoms with E-state index in [0.717, 1.165) is 43.8 Å². The Morgan fingerprint density at radius 3 is 0.932 bits per heavy atom. The minimum Gasteiger partial charge on any atom is -0.324 e. The molecule has 7 aromatic rings. The maximum Gasteiger partial charge on any atom is 0.164 e. The van der Waals surface area contributed by atoms with Crippen molar-refractivity contribution >= 4 is 49.0 Å². The van der Waals surface area contributed by atoms with Gasteiger partial charge in [-0.05, 0) is 0 Å². The van der Waals surface area contributed by atoms with Crippen molar-refractivity contribution in [3.05, 3.63) is 97.1 Å². The molecule has 0 spiro atoms. The molecule has 3 aromatic heterocycles. The number of nitrogens with zero attached hydrogens (tertiary/aromatic N) is 6. The summed E-state index contributed by atoms with van der Waals surface area (Å²) in [5, 5.41) is 11.1. The molecular weight excluding hydrogens is 596 g/mol. The number of aromatic amines is 2. The Bertz CT molecular complexity index is 2140. The summed E-state index contributed by atoms with van der Waals surface area (Å²) in [6, 6.07) is 32.2. The minimum atomic E-state index is -1.08. The van der Waals surface area contributed by atoms with Gasteiger partial charge in [-0.1, -0.05) is 97.1 Å². The number of aromatic nitrogens is 8. The van der Waals surface area contributed by atoms with Crippen LogP contribution in [-0.4, -0.2) is 49.8 Å². The van der Waals surface area contributed by atoms with Crippen LogP contribution in [0.2, 0.25) is 0 Å². The summed E-state index contributed by atoms with van der Waals surface area (Å²) >= 11 is 2.56. The molecule has 9 rings (SSSR count). The molecule has 10 nitrogen and oxygen atoms in total. The van der Waals surface area contributed by atoms with Crippen molar-refractivity contribution in [3.63, 3.8) is 0 Å². The second-order valence-electron chi connectivity index (χ2n) is 10.0. The Morgan fingerprint density at radius 2 is 0.682 bits per heavy atom. The van der Waals surface area contributed by atoms with Crippen LogP contribution in [0.5, 0.6) is 0 Å². The molecule has 4 aromatic carbocycles. The number of benzene rings is 4. The molecule has 44 heavy (non-hydrogen) atoms. The Hall–Kier alpha value is -5.77. The zero-order chi connectivity index (χ0) is 29.8. The van der Waals surface area contributed by atoms with Crippen LogP contribution in [0, 0.1) is 0 Å². The molecule has 0 saturated heterocycles. The third-order valence-corrected chi connectivity index (χ3v) is 7.46. The van der Waals surface area contributed by atoms with E-state index in [1.54, 1.807) is 0 Å². The van der Waals surface area contributed by atoms with Crippen LogP contribution in [-0.2, 0) is 16.0 Å². The van der Waals surface area contributed by atoms with E-state index in [1.165, 1.54) is 0 Å². The van der Waals surface area contributed by atoms with E-state index in [2.05, 4.69) is 26.0 Å². The van der Waals surface area contributed by atoms with Crippen molar-refractivity contribution in [2.75, 3.05) is 0 Å². The fraction of sp³-hybridized carbons (Fsp3) is 0. The molecule has 0 atom stereocenters. The average Bonchev–Trinajstić information content (AvgIpc) is 3.76. The van der Waals surface area contributed by atoms with Gasteiger partial charge in [-0.15, -0.1) is 0 Å². The van der Waals surface area contributed by atoms with Gasteiger partial charge in [0.15, 0.2) is 23.3 Å².